The largest absolute Gasteiger partial charge is 0.479 e. The van der Waals surface area contributed by atoms with Crippen LogP contribution < -0.4 is 0 Å². The molecule has 9 heteroatoms. The van der Waals surface area contributed by atoms with Crippen LogP contribution in [0.1, 0.15) is 37.4 Å². The fraction of sp³-hybridized carbons (Fsp3) is 0.360. The van der Waals surface area contributed by atoms with Gasteiger partial charge in [-0.05, 0) is 36.2 Å². The fourth-order valence-electron chi connectivity index (χ4n) is 5.15. The van der Waals surface area contributed by atoms with Crippen LogP contribution in [0.5, 0.6) is 0 Å². The molecule has 1 aliphatic rings. The normalized spacial score (nSPS) is 18.9. The SMILES string of the molecule is COCC(C)(C)c1c(C2CO[C@H](C(=O)O)C2)c2cc3[nH]ncc3cc2n1-c1ccc(F)c(F)c1. The van der Waals surface area contributed by atoms with Gasteiger partial charge in [0.05, 0.1) is 30.4 Å². The summed E-state index contributed by atoms with van der Waals surface area (Å²) in [4.78, 5) is 11.6. The van der Waals surface area contributed by atoms with Crippen molar-refractivity contribution < 1.29 is 28.2 Å². The molecular weight excluding hydrogens is 444 g/mol. The Labute approximate surface area is 194 Å². The maximum atomic E-state index is 14.4. The van der Waals surface area contributed by atoms with E-state index in [2.05, 4.69) is 10.2 Å². The van der Waals surface area contributed by atoms with Gasteiger partial charge in [0.2, 0.25) is 0 Å². The van der Waals surface area contributed by atoms with Gasteiger partial charge < -0.3 is 19.1 Å². The lowest BCUT2D eigenvalue weighted by atomic mass is 9.82. The highest BCUT2D eigenvalue weighted by Gasteiger charge is 2.39. The molecule has 0 spiro atoms. The van der Waals surface area contributed by atoms with Crippen molar-refractivity contribution in [3.63, 3.8) is 0 Å². The van der Waals surface area contributed by atoms with Gasteiger partial charge in [-0.25, -0.2) is 13.6 Å². The number of aromatic nitrogens is 3. The molecule has 1 unspecified atom stereocenters. The maximum Gasteiger partial charge on any atom is 0.332 e. The predicted octanol–water partition coefficient (Wildman–Crippen LogP) is 4.67. The highest BCUT2D eigenvalue weighted by Crippen LogP contribution is 2.45. The zero-order valence-electron chi connectivity index (χ0n) is 19.1. The number of rotatable bonds is 6. The summed E-state index contributed by atoms with van der Waals surface area (Å²) in [6.07, 6.45) is 1.11. The van der Waals surface area contributed by atoms with Crippen molar-refractivity contribution in [2.45, 2.75) is 37.7 Å². The van der Waals surface area contributed by atoms with Crippen LogP contribution in [0.4, 0.5) is 8.78 Å². The third-order valence-corrected chi connectivity index (χ3v) is 6.55. The summed E-state index contributed by atoms with van der Waals surface area (Å²) in [7, 11) is 1.61. The molecule has 2 N–H and O–H groups in total. The summed E-state index contributed by atoms with van der Waals surface area (Å²) in [6, 6.07) is 7.76. The second-order valence-corrected chi connectivity index (χ2v) is 9.43. The lowest BCUT2D eigenvalue weighted by Crippen LogP contribution is -2.29. The van der Waals surface area contributed by atoms with Gasteiger partial charge in [0.1, 0.15) is 0 Å². The number of ether oxygens (including phenoxy) is 2. The van der Waals surface area contributed by atoms with E-state index in [0.29, 0.717) is 18.7 Å². The second-order valence-electron chi connectivity index (χ2n) is 9.43. The van der Waals surface area contributed by atoms with Crippen LogP contribution in [-0.4, -0.2) is 52.3 Å². The Morgan fingerprint density at radius 1 is 1.29 bits per heavy atom. The number of carboxylic acid groups (broad SMARTS) is 1. The first-order chi connectivity index (χ1) is 16.2. The highest BCUT2D eigenvalue weighted by atomic mass is 19.2. The Hall–Kier alpha value is -3.30. The van der Waals surface area contributed by atoms with Gasteiger partial charge in [-0.3, -0.25) is 5.10 Å². The lowest BCUT2D eigenvalue weighted by Gasteiger charge is -2.29. The van der Waals surface area contributed by atoms with Crippen molar-refractivity contribution in [3.8, 4) is 5.69 Å². The number of carboxylic acids is 1. The number of aromatic amines is 1. The molecule has 1 saturated heterocycles. The first-order valence-electron chi connectivity index (χ1n) is 11.0. The average Bonchev–Trinajstić information content (AvgIpc) is 3.50. The van der Waals surface area contributed by atoms with Gasteiger partial charge in [0.15, 0.2) is 17.7 Å². The van der Waals surface area contributed by atoms with Gasteiger partial charge in [0.25, 0.3) is 0 Å². The monoisotopic (exact) mass is 469 g/mol. The number of benzene rings is 2. The second kappa shape index (κ2) is 8.18. The Balaban J connectivity index is 1.88. The first-order valence-corrected chi connectivity index (χ1v) is 11.0. The lowest BCUT2D eigenvalue weighted by molar-refractivity contribution is -0.147. The van der Waals surface area contributed by atoms with E-state index in [1.165, 1.54) is 6.07 Å². The molecule has 0 saturated carbocycles. The number of aliphatic carboxylic acids is 1. The summed E-state index contributed by atoms with van der Waals surface area (Å²) in [5, 5.41) is 18.4. The molecule has 1 fully saturated rings. The Morgan fingerprint density at radius 2 is 2.09 bits per heavy atom. The number of carbonyl (C=O) groups is 1. The van der Waals surface area contributed by atoms with Crippen LogP contribution in [0.3, 0.4) is 0 Å². The van der Waals surface area contributed by atoms with E-state index in [1.807, 2.05) is 30.5 Å². The minimum absolute atomic E-state index is 0.207. The van der Waals surface area contributed by atoms with Crippen molar-refractivity contribution >= 4 is 27.8 Å². The standard InChI is InChI=1S/C25H25F2N3O4/c1-25(2,12-33-3)23-22(14-7-21(24(31)32)34-11-14)16-9-19-13(10-28-29-19)6-20(16)30(23)15-4-5-17(26)18(27)8-15/h4-6,8-10,14,21H,7,11-12H2,1-3H3,(H,28,29)(H,31,32)/t14?,21-/m0/s1. The van der Waals surface area contributed by atoms with Crippen LogP contribution in [0.25, 0.3) is 27.5 Å². The third-order valence-electron chi connectivity index (χ3n) is 6.55. The molecule has 3 heterocycles. The summed E-state index contributed by atoms with van der Waals surface area (Å²) in [6.45, 7) is 4.63. The van der Waals surface area contributed by atoms with Crippen molar-refractivity contribution in [2.75, 3.05) is 20.3 Å². The predicted molar refractivity (Wildman–Crippen MR) is 122 cm³/mol. The number of nitrogens with one attached hydrogen (secondary N) is 1. The molecule has 0 amide bonds. The van der Waals surface area contributed by atoms with Crippen LogP contribution in [0, 0.1) is 11.6 Å². The summed E-state index contributed by atoms with van der Waals surface area (Å²) in [5.74, 6) is -3.08. The molecule has 7 nitrogen and oxygen atoms in total. The van der Waals surface area contributed by atoms with Gasteiger partial charge in [0, 0.05) is 46.7 Å². The van der Waals surface area contributed by atoms with Crippen LogP contribution in [0.15, 0.2) is 36.5 Å². The first kappa shape index (κ1) is 22.5. The minimum Gasteiger partial charge on any atom is -0.479 e. The van der Waals surface area contributed by atoms with E-state index in [-0.39, 0.29) is 12.5 Å². The van der Waals surface area contributed by atoms with Crippen molar-refractivity contribution in [1.29, 1.82) is 0 Å². The molecule has 2 atom stereocenters. The van der Waals surface area contributed by atoms with E-state index < -0.39 is 29.1 Å². The van der Waals surface area contributed by atoms with Crippen molar-refractivity contribution in [1.82, 2.24) is 14.8 Å². The van der Waals surface area contributed by atoms with Crippen LogP contribution in [-0.2, 0) is 19.7 Å². The number of H-pyrrole nitrogens is 1. The van der Waals surface area contributed by atoms with Crippen molar-refractivity contribution in [3.05, 3.63) is 59.4 Å². The van der Waals surface area contributed by atoms with Crippen molar-refractivity contribution in [2.24, 2.45) is 0 Å². The molecule has 0 bridgehead atoms. The Kier molecular flexibility index (Phi) is 5.41. The summed E-state index contributed by atoms with van der Waals surface area (Å²) < 4.78 is 41.3. The number of hydrogen-bond donors (Lipinski definition) is 2. The molecule has 1 aliphatic heterocycles. The number of halogens is 2. The fourth-order valence-corrected chi connectivity index (χ4v) is 5.15. The van der Waals surface area contributed by atoms with Gasteiger partial charge in [-0.15, -0.1) is 0 Å². The molecule has 34 heavy (non-hydrogen) atoms. The molecular formula is C25H25F2N3O4. The summed E-state index contributed by atoms with van der Waals surface area (Å²) in [5.41, 5.74) is 3.28. The molecule has 2 aromatic heterocycles. The van der Waals surface area contributed by atoms with E-state index >= 15 is 0 Å². The smallest absolute Gasteiger partial charge is 0.332 e. The van der Waals surface area contributed by atoms with E-state index in [9.17, 15) is 18.7 Å². The molecule has 2 aromatic carbocycles. The van der Waals surface area contributed by atoms with Gasteiger partial charge in [-0.1, -0.05) is 13.8 Å². The van der Waals surface area contributed by atoms with Gasteiger partial charge in [-0.2, -0.15) is 5.10 Å². The topological polar surface area (TPSA) is 89.4 Å². The number of hydrogen-bond acceptors (Lipinski definition) is 4. The number of nitrogens with zero attached hydrogens (tertiary/aromatic N) is 2. The third kappa shape index (κ3) is 3.56. The minimum atomic E-state index is -1.000. The maximum absolute atomic E-state index is 14.4. The zero-order valence-corrected chi connectivity index (χ0v) is 19.1. The molecule has 178 valence electrons. The van der Waals surface area contributed by atoms with E-state index in [1.54, 1.807) is 19.4 Å². The van der Waals surface area contributed by atoms with E-state index in [0.717, 1.165) is 39.1 Å². The number of methoxy groups -OCH3 is 1. The van der Waals surface area contributed by atoms with Crippen LogP contribution >= 0.6 is 0 Å². The summed E-state index contributed by atoms with van der Waals surface area (Å²) >= 11 is 0. The molecule has 0 aliphatic carbocycles. The Bertz CT molecular complexity index is 1410. The number of fused-ring (bicyclic) bond motifs is 2. The Morgan fingerprint density at radius 3 is 2.76 bits per heavy atom. The highest BCUT2D eigenvalue weighted by molar-refractivity contribution is 5.99. The zero-order chi connectivity index (χ0) is 24.2. The molecule has 5 rings (SSSR count). The van der Waals surface area contributed by atoms with Crippen LogP contribution in [0.2, 0.25) is 0 Å². The molecule has 0 radical (unpaired) electrons. The average molecular weight is 469 g/mol. The molecule has 4 aromatic rings. The quantitative estimate of drug-likeness (QED) is 0.429. The van der Waals surface area contributed by atoms with E-state index in [4.69, 9.17) is 9.47 Å². The van der Waals surface area contributed by atoms with Gasteiger partial charge >= 0.3 is 5.97 Å².